The molecule has 1 aromatic rings. The van der Waals surface area contributed by atoms with Crippen LogP contribution in [-0.4, -0.2) is 67.8 Å². The highest BCUT2D eigenvalue weighted by Gasteiger charge is 2.26. The van der Waals surface area contributed by atoms with E-state index in [1.807, 2.05) is 6.07 Å². The molecule has 0 radical (unpaired) electrons. The van der Waals surface area contributed by atoms with Gasteiger partial charge in [-0.2, -0.15) is 0 Å². The zero-order chi connectivity index (χ0) is 16.1. The summed E-state index contributed by atoms with van der Waals surface area (Å²) in [5, 5.41) is 13.3. The number of piperazine rings is 1. The van der Waals surface area contributed by atoms with Crippen molar-refractivity contribution >= 4 is 0 Å². The lowest BCUT2D eigenvalue weighted by Gasteiger charge is -2.39. The van der Waals surface area contributed by atoms with E-state index in [1.54, 1.807) is 13.2 Å². The molecule has 0 spiro atoms. The minimum Gasteiger partial charge on any atom is -0.504 e. The van der Waals surface area contributed by atoms with Gasteiger partial charge < -0.3 is 20.1 Å². The van der Waals surface area contributed by atoms with Crippen LogP contribution >= 0.6 is 0 Å². The maximum Gasteiger partial charge on any atom is 0.160 e. The lowest BCUT2D eigenvalue weighted by Crippen LogP contribution is -2.48. The molecule has 2 aliphatic rings. The van der Waals surface area contributed by atoms with Crippen molar-refractivity contribution in [3.63, 3.8) is 0 Å². The van der Waals surface area contributed by atoms with Crippen molar-refractivity contribution in [1.29, 1.82) is 0 Å². The highest BCUT2D eigenvalue weighted by atomic mass is 16.5. The summed E-state index contributed by atoms with van der Waals surface area (Å²) in [7, 11) is 1.61. The van der Waals surface area contributed by atoms with E-state index in [2.05, 4.69) is 21.2 Å². The molecule has 0 aliphatic carbocycles. The Morgan fingerprint density at radius 1 is 1.13 bits per heavy atom. The molecule has 128 valence electrons. The molecule has 0 amide bonds. The van der Waals surface area contributed by atoms with Crippen LogP contribution in [0, 0.1) is 0 Å². The van der Waals surface area contributed by atoms with Gasteiger partial charge in [0.1, 0.15) is 0 Å². The topological polar surface area (TPSA) is 48.0 Å². The molecule has 1 unspecified atom stereocenters. The van der Waals surface area contributed by atoms with Crippen LogP contribution in [0.4, 0.5) is 0 Å². The Balaban J connectivity index is 1.80. The van der Waals surface area contributed by atoms with Gasteiger partial charge in [0, 0.05) is 38.8 Å². The van der Waals surface area contributed by atoms with E-state index in [9.17, 15) is 5.11 Å². The van der Waals surface area contributed by atoms with Crippen molar-refractivity contribution in [2.45, 2.75) is 25.3 Å². The number of benzene rings is 1. The number of likely N-dealkylation sites (tertiary alicyclic amines) is 1. The van der Waals surface area contributed by atoms with Gasteiger partial charge in [0.15, 0.2) is 11.5 Å². The van der Waals surface area contributed by atoms with E-state index >= 15 is 0 Å². The van der Waals surface area contributed by atoms with Crippen LogP contribution in [0.2, 0.25) is 0 Å². The standard InChI is InChI=1S/C18H29N3O2/c1-23-18-13-15(5-6-17(18)22)16(21-11-7-19-8-12-21)14-20-9-3-2-4-10-20/h5-6,13,16,19,22H,2-4,7-12,14H2,1H3. The molecule has 1 aromatic carbocycles. The summed E-state index contributed by atoms with van der Waals surface area (Å²) in [6.45, 7) is 7.71. The van der Waals surface area contributed by atoms with Crippen LogP contribution in [0.1, 0.15) is 30.9 Å². The summed E-state index contributed by atoms with van der Waals surface area (Å²) in [5.74, 6) is 0.787. The minimum atomic E-state index is 0.216. The van der Waals surface area contributed by atoms with Gasteiger partial charge in [0.2, 0.25) is 0 Å². The largest absolute Gasteiger partial charge is 0.504 e. The third kappa shape index (κ3) is 4.16. The number of nitrogens with zero attached hydrogens (tertiary/aromatic N) is 2. The fraction of sp³-hybridized carbons (Fsp3) is 0.667. The molecule has 2 aliphatic heterocycles. The molecule has 0 bridgehead atoms. The second kappa shape index (κ2) is 7.99. The van der Waals surface area contributed by atoms with Crippen molar-refractivity contribution in [2.24, 2.45) is 0 Å². The molecule has 2 N–H and O–H groups in total. The summed E-state index contributed by atoms with van der Waals surface area (Å²) >= 11 is 0. The number of hydrogen-bond donors (Lipinski definition) is 2. The third-order valence-electron chi connectivity index (χ3n) is 5.06. The molecular formula is C18H29N3O2. The smallest absolute Gasteiger partial charge is 0.160 e. The first kappa shape index (κ1) is 16.6. The van der Waals surface area contributed by atoms with Gasteiger partial charge >= 0.3 is 0 Å². The van der Waals surface area contributed by atoms with E-state index in [0.717, 1.165) is 32.7 Å². The van der Waals surface area contributed by atoms with Crippen LogP contribution < -0.4 is 10.1 Å². The number of aromatic hydroxyl groups is 1. The lowest BCUT2D eigenvalue weighted by atomic mass is 10.0. The first-order valence-electron chi connectivity index (χ1n) is 8.82. The Morgan fingerprint density at radius 2 is 1.87 bits per heavy atom. The van der Waals surface area contributed by atoms with Gasteiger partial charge in [0.05, 0.1) is 7.11 Å². The predicted octanol–water partition coefficient (Wildman–Crippen LogP) is 1.83. The van der Waals surface area contributed by atoms with Crippen molar-refractivity contribution in [2.75, 3.05) is 52.9 Å². The Labute approximate surface area is 139 Å². The number of phenols is 1. The van der Waals surface area contributed by atoms with E-state index in [0.29, 0.717) is 11.8 Å². The molecular weight excluding hydrogens is 290 g/mol. The SMILES string of the molecule is COc1cc(C(CN2CCCCC2)N2CCNCC2)ccc1O. The maximum absolute atomic E-state index is 9.89. The predicted molar refractivity (Wildman–Crippen MR) is 92.1 cm³/mol. The Bertz CT molecular complexity index is 497. The second-order valence-corrected chi connectivity index (χ2v) is 6.59. The molecule has 0 saturated carbocycles. The molecule has 5 nitrogen and oxygen atoms in total. The van der Waals surface area contributed by atoms with Gasteiger partial charge in [-0.05, 0) is 43.6 Å². The van der Waals surface area contributed by atoms with E-state index in [-0.39, 0.29) is 5.75 Å². The number of nitrogens with one attached hydrogen (secondary N) is 1. The first-order valence-corrected chi connectivity index (χ1v) is 8.82. The molecule has 2 fully saturated rings. The fourth-order valence-electron chi connectivity index (χ4n) is 3.71. The zero-order valence-corrected chi connectivity index (χ0v) is 14.1. The molecule has 3 rings (SSSR count). The molecule has 2 saturated heterocycles. The minimum absolute atomic E-state index is 0.216. The molecule has 23 heavy (non-hydrogen) atoms. The van der Waals surface area contributed by atoms with E-state index in [4.69, 9.17) is 4.74 Å². The van der Waals surface area contributed by atoms with Crippen molar-refractivity contribution < 1.29 is 9.84 Å². The summed E-state index contributed by atoms with van der Waals surface area (Å²) in [6, 6.07) is 6.18. The van der Waals surface area contributed by atoms with Gasteiger partial charge in [0.25, 0.3) is 0 Å². The normalized spacial score (nSPS) is 22.0. The van der Waals surface area contributed by atoms with E-state index in [1.165, 1.54) is 37.9 Å². The summed E-state index contributed by atoms with van der Waals surface area (Å²) in [4.78, 5) is 5.16. The molecule has 1 atom stereocenters. The number of piperidine rings is 1. The Kier molecular flexibility index (Phi) is 5.75. The number of hydrogen-bond acceptors (Lipinski definition) is 5. The van der Waals surface area contributed by atoms with Crippen LogP contribution in [-0.2, 0) is 0 Å². The summed E-state index contributed by atoms with van der Waals surface area (Å²) < 4.78 is 5.32. The summed E-state index contributed by atoms with van der Waals surface area (Å²) in [5.41, 5.74) is 1.24. The number of methoxy groups -OCH3 is 1. The van der Waals surface area contributed by atoms with Crippen molar-refractivity contribution in [1.82, 2.24) is 15.1 Å². The van der Waals surface area contributed by atoms with E-state index < -0.39 is 0 Å². The monoisotopic (exact) mass is 319 g/mol. The van der Waals surface area contributed by atoms with Gasteiger partial charge in [-0.1, -0.05) is 12.5 Å². The van der Waals surface area contributed by atoms with Crippen LogP contribution in [0.5, 0.6) is 11.5 Å². The molecule has 2 heterocycles. The Morgan fingerprint density at radius 3 is 2.57 bits per heavy atom. The van der Waals surface area contributed by atoms with Crippen molar-refractivity contribution in [3.8, 4) is 11.5 Å². The fourth-order valence-corrected chi connectivity index (χ4v) is 3.71. The highest BCUT2D eigenvalue weighted by molar-refractivity contribution is 5.42. The maximum atomic E-state index is 9.89. The average Bonchev–Trinajstić information content (AvgIpc) is 2.62. The third-order valence-corrected chi connectivity index (χ3v) is 5.06. The van der Waals surface area contributed by atoms with Gasteiger partial charge in [-0.25, -0.2) is 0 Å². The van der Waals surface area contributed by atoms with Crippen LogP contribution in [0.15, 0.2) is 18.2 Å². The van der Waals surface area contributed by atoms with Gasteiger partial charge in [-0.3, -0.25) is 4.90 Å². The van der Waals surface area contributed by atoms with Crippen LogP contribution in [0.3, 0.4) is 0 Å². The first-order chi connectivity index (χ1) is 11.3. The zero-order valence-electron chi connectivity index (χ0n) is 14.1. The van der Waals surface area contributed by atoms with Crippen molar-refractivity contribution in [3.05, 3.63) is 23.8 Å². The highest BCUT2D eigenvalue weighted by Crippen LogP contribution is 2.32. The lowest BCUT2D eigenvalue weighted by molar-refractivity contribution is 0.113. The number of ether oxygens (including phenoxy) is 1. The average molecular weight is 319 g/mol. The second-order valence-electron chi connectivity index (χ2n) is 6.59. The van der Waals surface area contributed by atoms with Crippen LogP contribution in [0.25, 0.3) is 0 Å². The number of rotatable bonds is 5. The quantitative estimate of drug-likeness (QED) is 0.867. The summed E-state index contributed by atoms with van der Waals surface area (Å²) in [6.07, 6.45) is 3.99. The Hall–Kier alpha value is -1.30. The van der Waals surface area contributed by atoms with Gasteiger partial charge in [-0.15, -0.1) is 0 Å². The number of phenolic OH excluding ortho intramolecular Hbond substituents is 1. The molecule has 0 aromatic heterocycles. The molecule has 5 heteroatoms.